The quantitative estimate of drug-likeness (QED) is 0.0113. The highest BCUT2D eigenvalue weighted by Crippen LogP contribution is 2.38. The van der Waals surface area contributed by atoms with Crippen LogP contribution in [0, 0.1) is 6.92 Å². The number of hydrogen-bond acceptors (Lipinski definition) is 28. The normalized spacial score (nSPS) is 12.2. The van der Waals surface area contributed by atoms with Crippen molar-refractivity contribution in [1.82, 2.24) is 29.8 Å². The molecular formula is C95H106BBr2ClN6O22. The minimum absolute atomic E-state index is 0. The molecule has 28 nitrogen and oxygen atoms in total. The highest BCUT2D eigenvalue weighted by Gasteiger charge is 2.52. The largest absolute Gasteiger partial charge is 0.506 e. The Bertz CT molecular complexity index is 5530. The van der Waals surface area contributed by atoms with Gasteiger partial charge in [0.05, 0.1) is 107 Å². The summed E-state index contributed by atoms with van der Waals surface area (Å²) in [6.45, 7) is 11.5. The predicted octanol–water partition coefficient (Wildman–Crippen LogP) is 13.9. The van der Waals surface area contributed by atoms with Gasteiger partial charge in [-0.05, 0) is 190 Å². The number of rotatable bonds is 30. The van der Waals surface area contributed by atoms with Crippen LogP contribution in [0.2, 0.25) is 5.15 Å². The lowest BCUT2D eigenvalue weighted by atomic mass is 9.80. The molecule has 0 radical (unpaired) electrons. The molecule has 0 saturated carbocycles. The second kappa shape index (κ2) is 50.6. The topological polar surface area (TPSA) is 415 Å². The molecular weight excluding hydrogens is 1780 g/mol. The second-order valence-corrected chi connectivity index (χ2v) is 32.0. The molecule has 1 aliphatic rings. The highest BCUT2D eigenvalue weighted by atomic mass is 79.9. The van der Waals surface area contributed by atoms with Crippen molar-refractivity contribution in [2.75, 3.05) is 27.2 Å². The summed E-state index contributed by atoms with van der Waals surface area (Å²) < 4.78 is 54.5. The summed E-state index contributed by atoms with van der Waals surface area (Å²) in [6.07, 6.45) is 7.64. The van der Waals surface area contributed by atoms with Crippen molar-refractivity contribution in [2.45, 2.75) is 152 Å². The molecule has 127 heavy (non-hydrogen) atoms. The summed E-state index contributed by atoms with van der Waals surface area (Å²) in [7, 11) is 3.39. The summed E-state index contributed by atoms with van der Waals surface area (Å²) in [5.74, 6) is 2.73. The van der Waals surface area contributed by atoms with E-state index < -0.39 is 18.3 Å². The van der Waals surface area contributed by atoms with Crippen molar-refractivity contribution in [3.8, 4) is 46.5 Å². The molecule has 1 fully saturated rings. The minimum atomic E-state index is -0.534. The number of hydrogen-bond donors (Lipinski definition) is 12. The summed E-state index contributed by atoms with van der Waals surface area (Å²) in [5, 5.41) is 111. The fraction of sp³-hybridized carbons (Fsp3) is 0.284. The van der Waals surface area contributed by atoms with E-state index in [0.717, 1.165) is 82.2 Å². The third-order valence-corrected chi connectivity index (χ3v) is 20.7. The van der Waals surface area contributed by atoms with Gasteiger partial charge >= 0.3 is 7.12 Å². The number of aromatic hydroxyl groups is 1. The molecule has 0 aliphatic carbocycles. The van der Waals surface area contributed by atoms with Crippen molar-refractivity contribution in [3.05, 3.63) is 326 Å². The molecule has 6 aromatic heterocycles. The number of fused-ring (bicyclic) bond motifs is 2. The van der Waals surface area contributed by atoms with E-state index in [1.807, 2.05) is 157 Å². The van der Waals surface area contributed by atoms with E-state index in [9.17, 15) is 30.3 Å². The van der Waals surface area contributed by atoms with Gasteiger partial charge in [-0.25, -0.2) is 24.9 Å². The van der Waals surface area contributed by atoms with Crippen LogP contribution in [0.25, 0.3) is 21.9 Å². The van der Waals surface area contributed by atoms with E-state index in [2.05, 4.69) is 56.8 Å². The molecule has 0 amide bonds. The zero-order valence-electron chi connectivity index (χ0n) is 70.6. The lowest BCUT2D eigenvalue weighted by Crippen LogP contribution is -2.41. The molecule has 13 aromatic rings. The molecule has 12 N–H and O–H groups in total. The van der Waals surface area contributed by atoms with Crippen LogP contribution in [0.3, 0.4) is 0 Å². The summed E-state index contributed by atoms with van der Waals surface area (Å²) in [6, 6.07) is 53.9. The first-order valence-corrected chi connectivity index (χ1v) is 41.6. The third kappa shape index (κ3) is 30.4. The monoisotopic (exact) mass is 1890 g/mol. The fourth-order valence-electron chi connectivity index (χ4n) is 11.7. The Kier molecular flexibility index (Phi) is 40.4. The van der Waals surface area contributed by atoms with Gasteiger partial charge in [0.1, 0.15) is 61.0 Å². The number of aryl methyl sites for hydroxylation is 1. The Labute approximate surface area is 758 Å². The van der Waals surface area contributed by atoms with Gasteiger partial charge in [0, 0.05) is 73.4 Å². The van der Waals surface area contributed by atoms with Crippen molar-refractivity contribution < 1.29 is 103 Å². The Hall–Kier alpha value is -10.9. The molecule has 32 heteroatoms. The maximum absolute atomic E-state index is 13.3. The van der Waals surface area contributed by atoms with Gasteiger partial charge in [-0.15, -0.1) is 0 Å². The summed E-state index contributed by atoms with van der Waals surface area (Å²) in [5.41, 5.74) is 13.0. The number of halogens is 3. The van der Waals surface area contributed by atoms with Gasteiger partial charge in [0.15, 0.2) is 11.3 Å². The minimum Gasteiger partial charge on any atom is -0.506 e. The zero-order valence-corrected chi connectivity index (χ0v) is 74.5. The molecule has 1 saturated heterocycles. The van der Waals surface area contributed by atoms with Crippen LogP contribution in [0.15, 0.2) is 231 Å². The SMILES string of the molecule is C.CC1(C)OB(c2cnc(OCc3ccc(CO)cc3)c(CO)c2)OC1(C)C.Cc1cc(OCCN(C)C)c2oc3cc(Oc4cnc(OCc5ccc(CO)cc5)c(CO)c4)ccc3c(=O)c2c1.OCc1cc(Br)cnc1Cl.OCc1ccc(CO)cc1.OCc1ccc(COc2ncc(Br)cc2CO)cc1.OCc1ccc(COc2ncc(O)cc2CO)cc1. The van der Waals surface area contributed by atoms with Crippen molar-refractivity contribution in [3.63, 3.8) is 0 Å². The number of pyridine rings is 5. The summed E-state index contributed by atoms with van der Waals surface area (Å²) in [4.78, 5) is 35.9. The highest BCUT2D eigenvalue weighted by molar-refractivity contribution is 9.10. The van der Waals surface area contributed by atoms with Gasteiger partial charge in [-0.3, -0.25) is 4.79 Å². The van der Waals surface area contributed by atoms with Gasteiger partial charge in [0.2, 0.25) is 28.9 Å². The third-order valence-electron chi connectivity index (χ3n) is 19.5. The van der Waals surface area contributed by atoms with Crippen molar-refractivity contribution >= 4 is 78.0 Å². The van der Waals surface area contributed by atoms with Crippen LogP contribution >= 0.6 is 43.5 Å². The van der Waals surface area contributed by atoms with Crippen molar-refractivity contribution in [2.24, 2.45) is 0 Å². The van der Waals surface area contributed by atoms with Gasteiger partial charge in [0.25, 0.3) is 0 Å². The molecule has 7 aromatic carbocycles. The second-order valence-electron chi connectivity index (χ2n) is 29.8. The maximum atomic E-state index is 13.3. The maximum Gasteiger partial charge on any atom is 0.496 e. The molecule has 0 atom stereocenters. The van der Waals surface area contributed by atoms with E-state index >= 15 is 0 Å². The number of likely N-dealkylation sites (N-methyl/N-ethyl adjacent to an activating group) is 1. The van der Waals surface area contributed by atoms with Gasteiger partial charge < -0.3 is 108 Å². The number of aromatic nitrogens is 5. The standard InChI is InChI=1S/C32H32N2O7.C20H26BNO5.C14H14BrNO3.C14H15NO4.C8H10O2.C6H5BrClNO.CH4/c1-20-12-27-30(37)26-9-8-24(15-28(26)41-31(27)29(13-20)38-11-10-34(2)3)40-25-14-23(18-36)32(33-16-25)39-19-22-6-4-21(17-35)5-7-22;1-19(2)20(3,4)27-21(26-19)17-9-16(12-24)18(22-10-17)25-13-15-7-5-14(11-23)6-8-15;15-13-5-12(8-18)14(16-6-13)19-9-11-3-1-10(7-17)2-4-11;16-7-10-1-3-11(4-2-10)9-19-14-12(8-17)5-13(18)6-15-14;9-5-7-1-2-8(6-10)4-3-7;7-5-1-4(3-10)6(8)9-2-5;/h4-9,12-16,35-36H,10-11,17-19H2,1-3H3;5-10,23-24H,11-13H2,1-4H3;1-6,17-18H,7-9H2;1-6,16-18H,7-9H2;1-4,9-10H,5-6H2;1-2,10H,3H2;1H4. The van der Waals surface area contributed by atoms with Crippen LogP contribution in [-0.4, -0.2) is 137 Å². The molecule has 7 heterocycles. The molecule has 1 aliphatic heterocycles. The first kappa shape index (κ1) is 102. The fourth-order valence-corrected chi connectivity index (χ4v) is 12.6. The van der Waals surface area contributed by atoms with E-state index in [-0.39, 0.29) is 97.9 Å². The van der Waals surface area contributed by atoms with Crippen LogP contribution in [-0.2, 0) is 108 Å². The average Bonchev–Trinajstić information content (AvgIpc) is 1.68. The molecule has 14 rings (SSSR count). The first-order valence-electron chi connectivity index (χ1n) is 39.7. The van der Waals surface area contributed by atoms with Crippen LogP contribution in [0.1, 0.15) is 124 Å². The Morgan fingerprint density at radius 3 is 1.19 bits per heavy atom. The lowest BCUT2D eigenvalue weighted by molar-refractivity contribution is 0.00578. The molecule has 0 bridgehead atoms. The summed E-state index contributed by atoms with van der Waals surface area (Å²) >= 11 is 12.1. The lowest BCUT2D eigenvalue weighted by Gasteiger charge is -2.32. The van der Waals surface area contributed by atoms with Crippen LogP contribution in [0.4, 0.5) is 0 Å². The predicted molar refractivity (Wildman–Crippen MR) is 489 cm³/mol. The van der Waals surface area contributed by atoms with Gasteiger partial charge in [-0.1, -0.05) is 146 Å². The Morgan fingerprint density at radius 2 is 0.780 bits per heavy atom. The van der Waals surface area contributed by atoms with Crippen molar-refractivity contribution in [1.29, 1.82) is 0 Å². The van der Waals surface area contributed by atoms with Crippen LogP contribution in [0.5, 0.6) is 46.5 Å². The number of benzene rings is 7. The number of aliphatic hydroxyl groups is 11. The molecule has 672 valence electrons. The first-order chi connectivity index (χ1) is 60.6. The van der Waals surface area contributed by atoms with E-state index in [1.165, 1.54) is 18.5 Å². The Morgan fingerprint density at radius 1 is 0.409 bits per heavy atom. The van der Waals surface area contributed by atoms with E-state index in [1.54, 1.807) is 91.4 Å². The average molecular weight is 1890 g/mol. The molecule has 0 spiro atoms. The zero-order chi connectivity index (χ0) is 90.9. The Balaban J connectivity index is 0.000000202. The number of aliphatic hydroxyl groups excluding tert-OH is 11. The van der Waals surface area contributed by atoms with E-state index in [4.69, 9.17) is 89.5 Å². The van der Waals surface area contributed by atoms with Gasteiger partial charge in [-0.2, -0.15) is 0 Å². The number of nitrogens with zero attached hydrogens (tertiary/aromatic N) is 6. The number of ether oxygens (including phenoxy) is 6. The van der Waals surface area contributed by atoms with E-state index in [0.29, 0.717) is 122 Å². The smallest absolute Gasteiger partial charge is 0.496 e. The van der Waals surface area contributed by atoms with Crippen LogP contribution < -0.4 is 39.3 Å². The molecule has 0 unspecified atom stereocenters.